The zero-order valence-corrected chi connectivity index (χ0v) is 19.3. The van der Waals surface area contributed by atoms with E-state index in [0.29, 0.717) is 11.9 Å². The number of aromatic nitrogens is 2. The Morgan fingerprint density at radius 3 is 2.57 bits per heavy atom. The van der Waals surface area contributed by atoms with E-state index in [1.807, 2.05) is 35.8 Å². The van der Waals surface area contributed by atoms with E-state index in [4.69, 9.17) is 5.14 Å². The van der Waals surface area contributed by atoms with Crippen molar-refractivity contribution < 1.29 is 13.2 Å². The number of carbonyl (C=O) groups excluding carboxylic acids is 1. The van der Waals surface area contributed by atoms with Gasteiger partial charge in [-0.15, -0.1) is 0 Å². The molecule has 9 heteroatoms. The fourth-order valence-electron chi connectivity index (χ4n) is 3.37. The first-order valence-corrected chi connectivity index (χ1v) is 12.1. The van der Waals surface area contributed by atoms with E-state index in [2.05, 4.69) is 33.2 Å². The monoisotopic (exact) mass is 492 g/mol. The molecule has 0 aliphatic heterocycles. The average molecular weight is 493 g/mol. The van der Waals surface area contributed by atoms with Gasteiger partial charge in [0.2, 0.25) is 15.9 Å². The molecule has 0 saturated carbocycles. The van der Waals surface area contributed by atoms with Gasteiger partial charge in [-0.1, -0.05) is 35.0 Å². The summed E-state index contributed by atoms with van der Waals surface area (Å²) in [5, 5.41) is 8.25. The number of aryl methyl sites for hydroxylation is 2. The number of fused-ring (bicyclic) bond motifs is 1. The summed E-state index contributed by atoms with van der Waals surface area (Å²) in [7, 11) is -3.79. The zero-order chi connectivity index (χ0) is 21.9. The van der Waals surface area contributed by atoms with Crippen LogP contribution in [0, 0.1) is 0 Å². The van der Waals surface area contributed by atoms with Crippen LogP contribution in [0.3, 0.4) is 0 Å². The van der Waals surface area contributed by atoms with E-state index in [9.17, 15) is 13.2 Å². The van der Waals surface area contributed by atoms with Gasteiger partial charge in [-0.2, -0.15) is 0 Å². The second-order valence-electron chi connectivity index (χ2n) is 7.22. The highest BCUT2D eigenvalue weighted by Gasteiger charge is 2.16. The highest BCUT2D eigenvalue weighted by atomic mass is 79.9. The summed E-state index contributed by atoms with van der Waals surface area (Å²) in [6, 6.07) is 12.4. The second kappa shape index (κ2) is 9.28. The lowest BCUT2D eigenvalue weighted by Gasteiger charge is -2.14. The smallest absolute Gasteiger partial charge is 0.238 e. The Labute approximate surface area is 184 Å². The molecule has 1 atom stereocenters. The molecule has 30 heavy (non-hydrogen) atoms. The number of benzene rings is 2. The van der Waals surface area contributed by atoms with E-state index in [1.165, 1.54) is 12.1 Å². The summed E-state index contributed by atoms with van der Waals surface area (Å²) in [6.07, 6.45) is 1.64. The average Bonchev–Trinajstić information content (AvgIpc) is 3.03. The molecule has 160 valence electrons. The number of nitrogens with one attached hydrogen (secondary N) is 1. The number of rotatable bonds is 8. The van der Waals surface area contributed by atoms with Crippen LogP contribution in [0.5, 0.6) is 0 Å². The summed E-state index contributed by atoms with van der Waals surface area (Å²) in [5.41, 5.74) is 2.43. The lowest BCUT2D eigenvalue weighted by atomic mass is 10.1. The molecule has 1 amide bonds. The molecule has 0 saturated heterocycles. The number of primary sulfonamides is 1. The van der Waals surface area contributed by atoms with Gasteiger partial charge in [0.1, 0.15) is 5.82 Å². The number of nitrogens with zero attached hydrogens (tertiary/aromatic N) is 2. The molecular formula is C21H25BrN4O3S. The Morgan fingerprint density at radius 1 is 1.23 bits per heavy atom. The third kappa shape index (κ3) is 5.27. The molecule has 3 aromatic rings. The van der Waals surface area contributed by atoms with E-state index < -0.39 is 10.0 Å². The third-order valence-corrected chi connectivity index (χ3v) is 6.34. The number of halogens is 1. The van der Waals surface area contributed by atoms with Gasteiger partial charge in [0.25, 0.3) is 0 Å². The van der Waals surface area contributed by atoms with Crippen molar-refractivity contribution in [3.8, 4) is 0 Å². The molecule has 7 nitrogen and oxygen atoms in total. The summed E-state index contributed by atoms with van der Waals surface area (Å²) < 4.78 is 26.3. The second-order valence-corrected chi connectivity index (χ2v) is 9.69. The fourth-order valence-corrected chi connectivity index (χ4v) is 4.17. The lowest BCUT2D eigenvalue weighted by Crippen LogP contribution is -2.27. The number of hydrogen-bond acceptors (Lipinski definition) is 4. The maximum absolute atomic E-state index is 12.5. The van der Waals surface area contributed by atoms with Gasteiger partial charge < -0.3 is 9.88 Å². The molecular weight excluding hydrogens is 468 g/mol. The zero-order valence-electron chi connectivity index (χ0n) is 16.9. The Kier molecular flexibility index (Phi) is 6.95. The van der Waals surface area contributed by atoms with E-state index in [1.54, 1.807) is 6.07 Å². The van der Waals surface area contributed by atoms with Crippen LogP contribution in [-0.4, -0.2) is 23.9 Å². The van der Waals surface area contributed by atoms with Gasteiger partial charge >= 0.3 is 0 Å². The van der Waals surface area contributed by atoms with Crippen molar-refractivity contribution in [2.45, 2.75) is 50.6 Å². The standard InChI is InChI=1S/C21H25BrN4O3S/c1-3-12-26-19-9-8-17(30(23,28)29)13-18(19)25-20(26)10-11-21(27)24-14(2)15-4-6-16(22)7-5-15/h4-9,13-14H,3,10-12H2,1-2H3,(H,24,27)(H2,23,28,29). The van der Waals surface area contributed by atoms with Crippen molar-refractivity contribution in [3.63, 3.8) is 0 Å². The molecule has 2 aromatic carbocycles. The van der Waals surface area contributed by atoms with Gasteiger partial charge in [0.05, 0.1) is 22.0 Å². The van der Waals surface area contributed by atoms with E-state index in [0.717, 1.165) is 34.3 Å². The molecule has 0 fully saturated rings. The van der Waals surface area contributed by atoms with Crippen LogP contribution in [-0.2, 0) is 27.8 Å². The highest BCUT2D eigenvalue weighted by molar-refractivity contribution is 9.10. The number of nitrogens with two attached hydrogens (primary N) is 1. The topological polar surface area (TPSA) is 107 Å². The lowest BCUT2D eigenvalue weighted by molar-refractivity contribution is -0.121. The largest absolute Gasteiger partial charge is 0.350 e. The quantitative estimate of drug-likeness (QED) is 0.499. The minimum atomic E-state index is -3.79. The number of sulfonamides is 1. The maximum Gasteiger partial charge on any atom is 0.238 e. The van der Waals surface area contributed by atoms with E-state index >= 15 is 0 Å². The Balaban J connectivity index is 1.74. The molecule has 3 N–H and O–H groups in total. The first-order chi connectivity index (χ1) is 14.2. The summed E-state index contributed by atoms with van der Waals surface area (Å²) in [4.78, 5) is 17.1. The van der Waals surface area contributed by atoms with Crippen molar-refractivity contribution in [2.75, 3.05) is 0 Å². The predicted octanol–water partition coefficient (Wildman–Crippen LogP) is 3.67. The number of amides is 1. The molecule has 0 radical (unpaired) electrons. The van der Waals surface area contributed by atoms with Crippen LogP contribution >= 0.6 is 15.9 Å². The predicted molar refractivity (Wildman–Crippen MR) is 120 cm³/mol. The first-order valence-electron chi connectivity index (χ1n) is 9.76. The number of imidazole rings is 1. The molecule has 1 aromatic heterocycles. The Hall–Kier alpha value is -2.23. The fraction of sp³-hybridized carbons (Fsp3) is 0.333. The van der Waals surface area contributed by atoms with Gasteiger partial charge in [-0.25, -0.2) is 18.5 Å². The van der Waals surface area contributed by atoms with Gasteiger partial charge in [-0.05, 0) is 49.2 Å². The van der Waals surface area contributed by atoms with Crippen LogP contribution in [0.1, 0.15) is 44.1 Å². The van der Waals surface area contributed by atoms with Crippen LogP contribution < -0.4 is 10.5 Å². The van der Waals surface area contributed by atoms with Gasteiger partial charge in [0.15, 0.2) is 0 Å². The molecule has 0 aliphatic carbocycles. The molecule has 0 spiro atoms. The molecule has 0 aliphatic rings. The summed E-state index contributed by atoms with van der Waals surface area (Å²) >= 11 is 3.41. The van der Waals surface area contributed by atoms with Gasteiger partial charge in [0, 0.05) is 23.9 Å². The highest BCUT2D eigenvalue weighted by Crippen LogP contribution is 2.22. The van der Waals surface area contributed by atoms with Crippen LogP contribution in [0.15, 0.2) is 51.8 Å². The van der Waals surface area contributed by atoms with Crippen molar-refractivity contribution in [3.05, 3.63) is 58.3 Å². The third-order valence-electron chi connectivity index (χ3n) is 4.90. The van der Waals surface area contributed by atoms with Crippen molar-refractivity contribution in [1.29, 1.82) is 0 Å². The minimum absolute atomic E-state index is 0.0313. The Morgan fingerprint density at radius 2 is 1.93 bits per heavy atom. The van der Waals surface area contributed by atoms with Gasteiger partial charge in [-0.3, -0.25) is 4.79 Å². The van der Waals surface area contributed by atoms with Crippen LogP contribution in [0.2, 0.25) is 0 Å². The van der Waals surface area contributed by atoms with Crippen molar-refractivity contribution in [2.24, 2.45) is 5.14 Å². The van der Waals surface area contributed by atoms with Crippen molar-refractivity contribution >= 4 is 42.9 Å². The molecule has 3 rings (SSSR count). The van der Waals surface area contributed by atoms with Crippen molar-refractivity contribution in [1.82, 2.24) is 14.9 Å². The number of carbonyl (C=O) groups is 1. The van der Waals surface area contributed by atoms with Crippen LogP contribution in [0.4, 0.5) is 0 Å². The summed E-state index contributed by atoms with van der Waals surface area (Å²) in [5.74, 6) is 0.690. The molecule has 1 heterocycles. The molecule has 0 bridgehead atoms. The SMILES string of the molecule is CCCn1c(CCC(=O)NC(C)c2ccc(Br)cc2)nc2cc(S(N)(=O)=O)ccc21. The first kappa shape index (κ1) is 22.5. The van der Waals surface area contributed by atoms with E-state index in [-0.39, 0.29) is 23.3 Å². The normalized spacial score (nSPS) is 12.8. The minimum Gasteiger partial charge on any atom is -0.350 e. The number of hydrogen-bond donors (Lipinski definition) is 2. The summed E-state index contributed by atoms with van der Waals surface area (Å²) in [6.45, 7) is 4.74. The molecule has 1 unspecified atom stereocenters. The Bertz CT molecular complexity index is 1160. The van der Waals surface area contributed by atoms with Crippen LogP contribution in [0.25, 0.3) is 11.0 Å². The maximum atomic E-state index is 12.5.